The predicted octanol–water partition coefficient (Wildman–Crippen LogP) is 2.01. The number of carbonyl (C=O) groups excluding carboxylic acids is 2. The van der Waals surface area contributed by atoms with Crippen LogP contribution in [0.25, 0.3) is 0 Å². The fraction of sp³-hybridized carbons (Fsp3) is 0.429. The van der Waals surface area contributed by atoms with Crippen molar-refractivity contribution in [2.45, 2.75) is 32.6 Å². The van der Waals surface area contributed by atoms with Crippen molar-refractivity contribution in [3.8, 4) is 0 Å². The summed E-state index contributed by atoms with van der Waals surface area (Å²) in [7, 11) is 0. The number of amides is 3. The highest BCUT2D eigenvalue weighted by atomic mass is 16.2. The van der Waals surface area contributed by atoms with E-state index in [9.17, 15) is 9.59 Å². The van der Waals surface area contributed by atoms with Gasteiger partial charge in [-0.15, -0.1) is 0 Å². The lowest BCUT2D eigenvalue weighted by Gasteiger charge is -2.32. The van der Waals surface area contributed by atoms with Crippen LogP contribution in [0.4, 0.5) is 16.2 Å². The van der Waals surface area contributed by atoms with Gasteiger partial charge in [-0.3, -0.25) is 15.0 Å². The van der Waals surface area contributed by atoms with Crippen LogP contribution in [0, 0.1) is 0 Å². The van der Waals surface area contributed by atoms with Crippen molar-refractivity contribution >= 4 is 23.3 Å². The molecule has 2 rings (SSSR count). The minimum absolute atomic E-state index is 0.106. The highest BCUT2D eigenvalue weighted by Crippen LogP contribution is 2.34. The van der Waals surface area contributed by atoms with E-state index in [1.54, 1.807) is 11.0 Å². The summed E-state index contributed by atoms with van der Waals surface area (Å²) in [4.78, 5) is 24.7. The average Bonchev–Trinajstić information content (AvgIpc) is 2.27. The maximum absolute atomic E-state index is 11.9. The van der Waals surface area contributed by atoms with E-state index in [1.807, 2.05) is 12.1 Å². The zero-order valence-electron chi connectivity index (χ0n) is 11.5. The Morgan fingerprint density at radius 2 is 1.95 bits per heavy atom. The van der Waals surface area contributed by atoms with E-state index in [1.165, 1.54) is 0 Å². The highest BCUT2D eigenvalue weighted by molar-refractivity contribution is 6.06. The van der Waals surface area contributed by atoms with Crippen LogP contribution in [0.5, 0.6) is 0 Å². The van der Waals surface area contributed by atoms with E-state index in [-0.39, 0.29) is 17.4 Å². The van der Waals surface area contributed by atoms with Crippen LogP contribution < -0.4 is 16.0 Å². The third kappa shape index (κ3) is 2.70. The smallest absolute Gasteiger partial charge is 0.328 e. The summed E-state index contributed by atoms with van der Waals surface area (Å²) in [5.74, 6) is -0.234. The average molecular weight is 261 g/mol. The number of carbonyl (C=O) groups is 2. The molecule has 1 aliphatic heterocycles. The Hall–Kier alpha value is -2.04. The fourth-order valence-corrected chi connectivity index (χ4v) is 2.20. The molecule has 1 aromatic carbocycles. The van der Waals surface area contributed by atoms with Crippen molar-refractivity contribution in [3.63, 3.8) is 0 Å². The molecule has 0 bridgehead atoms. The van der Waals surface area contributed by atoms with Crippen LogP contribution >= 0.6 is 0 Å². The van der Waals surface area contributed by atoms with Crippen molar-refractivity contribution in [1.82, 2.24) is 5.32 Å². The monoisotopic (exact) mass is 261 g/mol. The molecule has 0 saturated carbocycles. The summed E-state index contributed by atoms with van der Waals surface area (Å²) in [5.41, 5.74) is 8.13. The minimum atomic E-state index is -0.382. The number of imide groups is 1. The molecule has 0 atom stereocenters. The quantitative estimate of drug-likeness (QED) is 0.759. The van der Waals surface area contributed by atoms with E-state index in [0.29, 0.717) is 18.7 Å². The van der Waals surface area contributed by atoms with E-state index >= 15 is 0 Å². The lowest BCUT2D eigenvalue weighted by Crippen LogP contribution is -2.50. The van der Waals surface area contributed by atoms with Crippen molar-refractivity contribution in [1.29, 1.82) is 0 Å². The molecule has 5 nitrogen and oxygen atoms in total. The molecule has 0 aliphatic carbocycles. The molecule has 1 fully saturated rings. The lowest BCUT2D eigenvalue weighted by molar-refractivity contribution is -0.120. The second-order valence-electron chi connectivity index (χ2n) is 5.78. The normalized spacial score (nSPS) is 16.5. The van der Waals surface area contributed by atoms with E-state index in [4.69, 9.17) is 5.73 Å². The fourth-order valence-electron chi connectivity index (χ4n) is 2.20. The van der Waals surface area contributed by atoms with Gasteiger partial charge in [0.1, 0.15) is 0 Å². The summed E-state index contributed by atoms with van der Waals surface area (Å²) >= 11 is 0. The zero-order chi connectivity index (χ0) is 14.2. The first-order chi connectivity index (χ1) is 8.79. The first-order valence-corrected chi connectivity index (χ1v) is 6.30. The molecule has 102 valence electrons. The van der Waals surface area contributed by atoms with Crippen LogP contribution in [0.2, 0.25) is 0 Å². The molecule has 0 radical (unpaired) electrons. The topological polar surface area (TPSA) is 75.4 Å². The highest BCUT2D eigenvalue weighted by Gasteiger charge is 2.29. The van der Waals surface area contributed by atoms with Gasteiger partial charge in [-0.2, -0.15) is 0 Å². The van der Waals surface area contributed by atoms with Gasteiger partial charge in [0.2, 0.25) is 5.91 Å². The van der Waals surface area contributed by atoms with Gasteiger partial charge >= 0.3 is 6.03 Å². The van der Waals surface area contributed by atoms with Gasteiger partial charge in [-0.25, -0.2) is 4.79 Å². The number of nitrogens with one attached hydrogen (secondary N) is 1. The maximum Gasteiger partial charge on any atom is 0.328 e. The Kier molecular flexibility index (Phi) is 3.22. The van der Waals surface area contributed by atoms with E-state index in [0.717, 1.165) is 11.3 Å². The van der Waals surface area contributed by atoms with Crippen molar-refractivity contribution in [3.05, 3.63) is 23.8 Å². The summed E-state index contributed by atoms with van der Waals surface area (Å²) in [6.45, 7) is 6.62. The number of hydrogen-bond acceptors (Lipinski definition) is 3. The Balaban J connectivity index is 2.46. The molecule has 19 heavy (non-hydrogen) atoms. The van der Waals surface area contributed by atoms with Crippen molar-refractivity contribution in [2.24, 2.45) is 0 Å². The molecule has 1 saturated heterocycles. The molecule has 3 amide bonds. The van der Waals surface area contributed by atoms with Gasteiger partial charge in [-0.05, 0) is 23.1 Å². The Labute approximate surface area is 112 Å². The predicted molar refractivity (Wildman–Crippen MR) is 75.1 cm³/mol. The third-order valence-corrected chi connectivity index (χ3v) is 3.17. The molecule has 0 spiro atoms. The molecule has 1 aliphatic rings. The van der Waals surface area contributed by atoms with E-state index < -0.39 is 0 Å². The van der Waals surface area contributed by atoms with Gasteiger partial charge in [0.05, 0.1) is 5.69 Å². The standard InChI is InChI=1S/C14H19N3O2/c1-14(2,3)10-5-4-9(15)8-11(10)17-7-6-12(18)16-13(17)19/h4-5,8H,6-7,15H2,1-3H3,(H,16,18,19). The third-order valence-electron chi connectivity index (χ3n) is 3.17. The number of rotatable bonds is 1. The Morgan fingerprint density at radius 3 is 2.53 bits per heavy atom. The first-order valence-electron chi connectivity index (χ1n) is 6.30. The van der Waals surface area contributed by atoms with Crippen molar-refractivity contribution in [2.75, 3.05) is 17.2 Å². The van der Waals surface area contributed by atoms with Crippen LogP contribution in [-0.4, -0.2) is 18.5 Å². The number of nitrogen functional groups attached to an aromatic ring is 1. The molecule has 0 unspecified atom stereocenters. The molecule has 3 N–H and O–H groups in total. The van der Waals surface area contributed by atoms with Gasteiger partial charge < -0.3 is 5.73 Å². The molecule has 5 heteroatoms. The lowest BCUT2D eigenvalue weighted by atomic mass is 9.85. The first kappa shape index (κ1) is 13.4. The number of urea groups is 1. The summed E-state index contributed by atoms with van der Waals surface area (Å²) < 4.78 is 0. The second-order valence-corrected chi connectivity index (χ2v) is 5.78. The Morgan fingerprint density at radius 1 is 1.26 bits per heavy atom. The van der Waals surface area contributed by atoms with Crippen LogP contribution in [0.3, 0.4) is 0 Å². The molecule has 1 aromatic rings. The number of hydrogen-bond donors (Lipinski definition) is 2. The van der Waals surface area contributed by atoms with Crippen molar-refractivity contribution < 1.29 is 9.59 Å². The SMILES string of the molecule is CC(C)(C)c1ccc(N)cc1N1CCC(=O)NC1=O. The number of benzene rings is 1. The molecule has 0 aromatic heterocycles. The molecular weight excluding hydrogens is 242 g/mol. The summed E-state index contributed by atoms with van der Waals surface area (Å²) in [6.07, 6.45) is 0.310. The summed E-state index contributed by atoms with van der Waals surface area (Å²) in [5, 5.41) is 2.33. The van der Waals surface area contributed by atoms with Gasteiger partial charge in [-0.1, -0.05) is 26.8 Å². The second kappa shape index (κ2) is 4.57. The Bertz CT molecular complexity index is 532. The number of anilines is 2. The molecule has 1 heterocycles. The van der Waals surface area contributed by atoms with Gasteiger partial charge in [0, 0.05) is 18.7 Å². The van der Waals surface area contributed by atoms with Crippen LogP contribution in [0.15, 0.2) is 18.2 Å². The number of nitrogens with two attached hydrogens (primary N) is 1. The zero-order valence-corrected chi connectivity index (χ0v) is 11.5. The largest absolute Gasteiger partial charge is 0.399 e. The van der Waals surface area contributed by atoms with Crippen LogP contribution in [-0.2, 0) is 10.2 Å². The summed E-state index contributed by atoms with van der Waals surface area (Å²) in [6, 6.07) is 5.17. The number of nitrogens with zero attached hydrogens (tertiary/aromatic N) is 1. The van der Waals surface area contributed by atoms with Gasteiger partial charge in [0.25, 0.3) is 0 Å². The van der Waals surface area contributed by atoms with Gasteiger partial charge in [0.15, 0.2) is 0 Å². The van der Waals surface area contributed by atoms with E-state index in [2.05, 4.69) is 26.1 Å². The maximum atomic E-state index is 11.9. The van der Waals surface area contributed by atoms with Crippen LogP contribution in [0.1, 0.15) is 32.8 Å². The molecular formula is C14H19N3O2. The minimum Gasteiger partial charge on any atom is -0.399 e.